The van der Waals surface area contributed by atoms with Gasteiger partial charge in [-0.3, -0.25) is 0 Å². The molecule has 0 amide bonds. The van der Waals surface area contributed by atoms with E-state index >= 15 is 0 Å². The highest BCUT2D eigenvalue weighted by molar-refractivity contribution is 6.29. The molecule has 0 unspecified atom stereocenters. The lowest BCUT2D eigenvalue weighted by Crippen LogP contribution is -2.20. The second-order valence-corrected chi connectivity index (χ2v) is 3.48. The Morgan fingerprint density at radius 3 is 2.92 bits per heavy atom. The highest BCUT2D eigenvalue weighted by Gasteiger charge is 1.94. The number of hydrogen-bond donors (Lipinski definition) is 1. The molecule has 1 heterocycles. The highest BCUT2D eigenvalue weighted by Crippen LogP contribution is 2.10. The van der Waals surface area contributed by atoms with Crippen LogP contribution in [0.3, 0.4) is 0 Å². The zero-order valence-corrected chi connectivity index (χ0v) is 8.67. The largest absolute Gasteiger partial charge is 0.384 e. The van der Waals surface area contributed by atoms with Gasteiger partial charge in [0.1, 0.15) is 5.15 Å². The first-order valence-electron chi connectivity index (χ1n) is 4.18. The van der Waals surface area contributed by atoms with Crippen molar-refractivity contribution in [2.45, 2.75) is 0 Å². The minimum absolute atomic E-state index is 0.523. The van der Waals surface area contributed by atoms with Crippen LogP contribution < -0.4 is 5.32 Å². The molecule has 1 aromatic heterocycles. The molecule has 0 spiro atoms. The van der Waals surface area contributed by atoms with Gasteiger partial charge in [-0.1, -0.05) is 11.6 Å². The molecule has 1 aromatic rings. The number of likely N-dealkylation sites (N-methyl/N-ethyl adjacent to an activating group) is 1. The summed E-state index contributed by atoms with van der Waals surface area (Å²) in [5.41, 5.74) is 1.02. The SMILES string of the molecule is CN(C)CCNc1ccnc(Cl)c1. The fourth-order valence-corrected chi connectivity index (χ4v) is 1.11. The fourth-order valence-electron chi connectivity index (χ4n) is 0.936. The maximum Gasteiger partial charge on any atom is 0.131 e. The molecule has 1 rings (SSSR count). The Balaban J connectivity index is 2.37. The molecular weight excluding hydrogens is 186 g/mol. The van der Waals surface area contributed by atoms with Crippen LogP contribution in [0.5, 0.6) is 0 Å². The third-order valence-electron chi connectivity index (χ3n) is 1.61. The Morgan fingerprint density at radius 2 is 2.31 bits per heavy atom. The van der Waals surface area contributed by atoms with Crippen LogP contribution in [0.4, 0.5) is 5.69 Å². The van der Waals surface area contributed by atoms with E-state index < -0.39 is 0 Å². The van der Waals surface area contributed by atoms with Crippen LogP contribution in [0.25, 0.3) is 0 Å². The molecule has 0 aromatic carbocycles. The molecule has 72 valence electrons. The van der Waals surface area contributed by atoms with Crippen LogP contribution in [-0.2, 0) is 0 Å². The molecule has 0 atom stereocenters. The van der Waals surface area contributed by atoms with Crippen molar-refractivity contribution in [3.63, 3.8) is 0 Å². The first kappa shape index (κ1) is 10.3. The van der Waals surface area contributed by atoms with Gasteiger partial charge in [0, 0.05) is 25.0 Å². The molecule has 3 nitrogen and oxygen atoms in total. The zero-order chi connectivity index (χ0) is 9.68. The summed E-state index contributed by atoms with van der Waals surface area (Å²) in [5.74, 6) is 0. The van der Waals surface area contributed by atoms with Crippen LogP contribution >= 0.6 is 11.6 Å². The number of halogens is 1. The molecule has 0 aliphatic carbocycles. The number of nitrogens with zero attached hydrogens (tertiary/aromatic N) is 2. The summed E-state index contributed by atoms with van der Waals surface area (Å²) in [4.78, 5) is 6.02. The van der Waals surface area contributed by atoms with Crippen molar-refractivity contribution in [3.8, 4) is 0 Å². The summed E-state index contributed by atoms with van der Waals surface area (Å²) >= 11 is 5.72. The molecule has 0 saturated heterocycles. The first-order valence-corrected chi connectivity index (χ1v) is 4.56. The standard InChI is InChI=1S/C9H14ClN3/c1-13(2)6-5-11-8-3-4-12-9(10)7-8/h3-4,7H,5-6H2,1-2H3,(H,11,12). The van der Waals surface area contributed by atoms with E-state index in [4.69, 9.17) is 11.6 Å². The van der Waals surface area contributed by atoms with Crippen molar-refractivity contribution in [1.29, 1.82) is 0 Å². The maximum atomic E-state index is 5.72. The normalized spacial score (nSPS) is 10.5. The Hall–Kier alpha value is -0.800. The number of hydrogen-bond acceptors (Lipinski definition) is 3. The Kier molecular flexibility index (Phi) is 3.99. The summed E-state index contributed by atoms with van der Waals surface area (Å²) < 4.78 is 0. The summed E-state index contributed by atoms with van der Waals surface area (Å²) in [7, 11) is 4.09. The Labute approximate surface area is 83.7 Å². The fraction of sp³-hybridized carbons (Fsp3) is 0.444. The zero-order valence-electron chi connectivity index (χ0n) is 7.92. The van der Waals surface area contributed by atoms with Crippen molar-refractivity contribution in [3.05, 3.63) is 23.5 Å². The molecule has 0 aliphatic rings. The lowest BCUT2D eigenvalue weighted by atomic mass is 10.4. The monoisotopic (exact) mass is 199 g/mol. The molecule has 4 heteroatoms. The summed E-state index contributed by atoms with van der Waals surface area (Å²) in [5, 5.41) is 3.77. The summed E-state index contributed by atoms with van der Waals surface area (Å²) in [6.45, 7) is 1.91. The molecule has 0 radical (unpaired) electrons. The van der Waals surface area contributed by atoms with E-state index in [9.17, 15) is 0 Å². The van der Waals surface area contributed by atoms with E-state index in [2.05, 4.69) is 15.2 Å². The quantitative estimate of drug-likeness (QED) is 0.749. The van der Waals surface area contributed by atoms with Gasteiger partial charge in [-0.15, -0.1) is 0 Å². The van der Waals surface area contributed by atoms with Crippen molar-refractivity contribution in [2.75, 3.05) is 32.5 Å². The second-order valence-electron chi connectivity index (χ2n) is 3.10. The van der Waals surface area contributed by atoms with Crippen molar-refractivity contribution in [1.82, 2.24) is 9.88 Å². The van der Waals surface area contributed by atoms with Crippen molar-refractivity contribution >= 4 is 17.3 Å². The average molecular weight is 200 g/mol. The first-order chi connectivity index (χ1) is 6.18. The summed E-state index contributed by atoms with van der Waals surface area (Å²) in [6.07, 6.45) is 1.69. The molecular formula is C9H14ClN3. The van der Waals surface area contributed by atoms with E-state index in [1.165, 1.54) is 0 Å². The number of nitrogens with one attached hydrogen (secondary N) is 1. The van der Waals surface area contributed by atoms with Gasteiger partial charge in [-0.2, -0.15) is 0 Å². The lowest BCUT2D eigenvalue weighted by Gasteiger charge is -2.10. The predicted octanol–water partition coefficient (Wildman–Crippen LogP) is 1.71. The highest BCUT2D eigenvalue weighted by atomic mass is 35.5. The van der Waals surface area contributed by atoms with E-state index in [0.717, 1.165) is 18.8 Å². The topological polar surface area (TPSA) is 28.2 Å². The third-order valence-corrected chi connectivity index (χ3v) is 1.82. The molecule has 0 fully saturated rings. The van der Waals surface area contributed by atoms with E-state index in [0.29, 0.717) is 5.15 Å². The van der Waals surface area contributed by atoms with Crippen LogP contribution in [0.2, 0.25) is 5.15 Å². The van der Waals surface area contributed by atoms with Crippen LogP contribution in [0.15, 0.2) is 18.3 Å². The lowest BCUT2D eigenvalue weighted by molar-refractivity contribution is 0.425. The molecule has 0 bridgehead atoms. The molecule has 0 saturated carbocycles. The van der Waals surface area contributed by atoms with E-state index in [1.807, 2.05) is 26.2 Å². The predicted molar refractivity (Wildman–Crippen MR) is 56.3 cm³/mol. The van der Waals surface area contributed by atoms with Crippen molar-refractivity contribution < 1.29 is 0 Å². The minimum Gasteiger partial charge on any atom is -0.384 e. The molecule has 1 N–H and O–H groups in total. The third kappa shape index (κ3) is 4.10. The van der Waals surface area contributed by atoms with Crippen LogP contribution in [0.1, 0.15) is 0 Å². The minimum atomic E-state index is 0.523. The number of pyridine rings is 1. The smallest absolute Gasteiger partial charge is 0.131 e. The Bertz CT molecular complexity index is 263. The van der Waals surface area contributed by atoms with Gasteiger partial charge in [-0.05, 0) is 26.2 Å². The van der Waals surface area contributed by atoms with E-state index in [-0.39, 0.29) is 0 Å². The van der Waals surface area contributed by atoms with Gasteiger partial charge in [-0.25, -0.2) is 4.98 Å². The van der Waals surface area contributed by atoms with Gasteiger partial charge in [0.05, 0.1) is 0 Å². The van der Waals surface area contributed by atoms with Crippen LogP contribution in [-0.4, -0.2) is 37.1 Å². The van der Waals surface area contributed by atoms with Gasteiger partial charge in [0.2, 0.25) is 0 Å². The number of aromatic nitrogens is 1. The number of rotatable bonds is 4. The molecule has 0 aliphatic heterocycles. The van der Waals surface area contributed by atoms with Crippen LogP contribution in [0, 0.1) is 0 Å². The average Bonchev–Trinajstić information content (AvgIpc) is 2.03. The van der Waals surface area contributed by atoms with Crippen molar-refractivity contribution in [2.24, 2.45) is 0 Å². The summed E-state index contributed by atoms with van der Waals surface area (Å²) in [6, 6.07) is 3.72. The van der Waals surface area contributed by atoms with Gasteiger partial charge in [0.25, 0.3) is 0 Å². The van der Waals surface area contributed by atoms with Gasteiger partial charge in [0.15, 0.2) is 0 Å². The second kappa shape index (κ2) is 5.04. The van der Waals surface area contributed by atoms with Gasteiger partial charge < -0.3 is 10.2 Å². The number of anilines is 1. The maximum absolute atomic E-state index is 5.72. The molecule has 13 heavy (non-hydrogen) atoms. The Morgan fingerprint density at radius 1 is 1.54 bits per heavy atom. The van der Waals surface area contributed by atoms with E-state index in [1.54, 1.807) is 6.20 Å². The van der Waals surface area contributed by atoms with Gasteiger partial charge >= 0.3 is 0 Å².